The van der Waals surface area contributed by atoms with Crippen molar-refractivity contribution in [1.82, 2.24) is 8.75 Å². The Balaban J connectivity index is 1.92. The number of benzene rings is 2. The molecule has 0 atom stereocenters. The summed E-state index contributed by atoms with van der Waals surface area (Å²) in [6, 6.07) is 9.57. The predicted molar refractivity (Wildman–Crippen MR) is 90.4 cm³/mol. The maximum atomic E-state index is 6.27. The van der Waals surface area contributed by atoms with Gasteiger partial charge < -0.3 is 10.1 Å². The van der Waals surface area contributed by atoms with Crippen LogP contribution in [0.3, 0.4) is 0 Å². The molecule has 1 heterocycles. The average Bonchev–Trinajstić information content (AvgIpc) is 2.95. The molecule has 3 aromatic rings. The van der Waals surface area contributed by atoms with Crippen molar-refractivity contribution in [3.63, 3.8) is 0 Å². The minimum absolute atomic E-state index is 0.582. The summed E-state index contributed by atoms with van der Waals surface area (Å²) in [6.07, 6.45) is 0. The Morgan fingerprint density at radius 2 is 2.14 bits per heavy atom. The van der Waals surface area contributed by atoms with Gasteiger partial charge >= 0.3 is 0 Å². The van der Waals surface area contributed by atoms with Crippen LogP contribution < -0.4 is 10.1 Å². The van der Waals surface area contributed by atoms with E-state index < -0.39 is 0 Å². The fourth-order valence-electron chi connectivity index (χ4n) is 2.06. The second kappa shape index (κ2) is 6.17. The summed E-state index contributed by atoms with van der Waals surface area (Å²) in [7, 11) is 1.66. The molecular weight excluding hydrogens is 374 g/mol. The molecular formula is C14H11BrClN3OS. The van der Waals surface area contributed by atoms with E-state index in [1.165, 1.54) is 11.7 Å². The lowest BCUT2D eigenvalue weighted by Crippen LogP contribution is -2.03. The summed E-state index contributed by atoms with van der Waals surface area (Å²) >= 11 is 10.9. The van der Waals surface area contributed by atoms with Crippen LogP contribution in [0, 0.1) is 0 Å². The summed E-state index contributed by atoms with van der Waals surface area (Å²) in [5.41, 5.74) is 3.46. The minimum Gasteiger partial charge on any atom is -0.496 e. The molecule has 0 aliphatic rings. The van der Waals surface area contributed by atoms with E-state index in [1.807, 2.05) is 30.3 Å². The summed E-state index contributed by atoms with van der Waals surface area (Å²) < 4.78 is 14.9. The smallest absolute Gasteiger partial charge is 0.129 e. The van der Waals surface area contributed by atoms with Crippen LogP contribution in [0.1, 0.15) is 5.56 Å². The third-order valence-electron chi connectivity index (χ3n) is 3.08. The standard InChI is InChI=1S/C14H11BrClN3OS/c1-20-12-5-2-9(15)6-8(12)7-17-13-10(16)3-4-11-14(13)19-21-18-11/h2-6,17H,7H2,1H3. The third-order valence-corrected chi connectivity index (χ3v) is 4.43. The molecule has 0 bridgehead atoms. The van der Waals surface area contributed by atoms with E-state index in [4.69, 9.17) is 16.3 Å². The van der Waals surface area contributed by atoms with E-state index >= 15 is 0 Å². The predicted octanol–water partition coefficient (Wildman–Crippen LogP) is 4.73. The van der Waals surface area contributed by atoms with Gasteiger partial charge in [-0.05, 0) is 30.3 Å². The second-order valence-corrected chi connectivity index (χ2v) is 6.22. The van der Waals surface area contributed by atoms with Crippen molar-refractivity contribution in [2.75, 3.05) is 12.4 Å². The Labute approximate surface area is 139 Å². The maximum Gasteiger partial charge on any atom is 0.129 e. The number of rotatable bonds is 4. The molecule has 108 valence electrons. The molecule has 1 aromatic heterocycles. The highest BCUT2D eigenvalue weighted by Gasteiger charge is 2.11. The monoisotopic (exact) mass is 383 g/mol. The van der Waals surface area contributed by atoms with Gasteiger partial charge in [0.2, 0.25) is 0 Å². The van der Waals surface area contributed by atoms with Crippen LogP contribution in [-0.2, 0) is 6.54 Å². The van der Waals surface area contributed by atoms with Crippen LogP contribution in [-0.4, -0.2) is 15.9 Å². The van der Waals surface area contributed by atoms with E-state index in [0.29, 0.717) is 11.6 Å². The molecule has 0 amide bonds. The van der Waals surface area contributed by atoms with Crippen LogP contribution in [0.5, 0.6) is 5.75 Å². The Kier molecular flexibility index (Phi) is 4.28. The number of halogens is 2. The number of aromatic nitrogens is 2. The molecule has 21 heavy (non-hydrogen) atoms. The van der Waals surface area contributed by atoms with Gasteiger partial charge in [-0.1, -0.05) is 27.5 Å². The highest BCUT2D eigenvalue weighted by atomic mass is 79.9. The van der Waals surface area contributed by atoms with Gasteiger partial charge in [0.25, 0.3) is 0 Å². The van der Waals surface area contributed by atoms with Crippen LogP contribution in [0.25, 0.3) is 11.0 Å². The Bertz CT molecular complexity index is 793. The highest BCUT2D eigenvalue weighted by molar-refractivity contribution is 9.10. The van der Waals surface area contributed by atoms with Gasteiger partial charge in [-0.25, -0.2) is 0 Å². The largest absolute Gasteiger partial charge is 0.496 e. The lowest BCUT2D eigenvalue weighted by Gasteiger charge is -2.12. The van der Waals surface area contributed by atoms with Gasteiger partial charge in [0, 0.05) is 16.6 Å². The van der Waals surface area contributed by atoms with E-state index in [-0.39, 0.29) is 0 Å². The number of methoxy groups -OCH3 is 1. The molecule has 0 spiro atoms. The fourth-order valence-corrected chi connectivity index (χ4v) is 3.23. The van der Waals surface area contributed by atoms with Crippen molar-refractivity contribution in [3.8, 4) is 5.75 Å². The number of nitrogens with one attached hydrogen (secondary N) is 1. The Hall–Kier alpha value is -1.37. The lowest BCUT2D eigenvalue weighted by atomic mass is 10.2. The SMILES string of the molecule is COc1ccc(Br)cc1CNc1c(Cl)ccc2nsnc12. The van der Waals surface area contributed by atoms with E-state index in [2.05, 4.69) is 30.0 Å². The number of fused-ring (bicyclic) bond motifs is 1. The zero-order chi connectivity index (χ0) is 14.8. The van der Waals surface area contributed by atoms with Crippen LogP contribution in [0.2, 0.25) is 5.02 Å². The summed E-state index contributed by atoms with van der Waals surface area (Å²) in [4.78, 5) is 0. The molecule has 0 unspecified atom stereocenters. The molecule has 3 rings (SSSR count). The zero-order valence-corrected chi connectivity index (χ0v) is 14.2. The first-order valence-electron chi connectivity index (χ1n) is 6.16. The number of anilines is 1. The van der Waals surface area contributed by atoms with Gasteiger partial charge in [-0.3, -0.25) is 0 Å². The van der Waals surface area contributed by atoms with Gasteiger partial charge in [0.15, 0.2) is 0 Å². The van der Waals surface area contributed by atoms with Crippen molar-refractivity contribution >= 4 is 56.0 Å². The van der Waals surface area contributed by atoms with E-state index in [0.717, 1.165) is 32.5 Å². The average molecular weight is 385 g/mol. The van der Waals surface area contributed by atoms with E-state index in [9.17, 15) is 0 Å². The topological polar surface area (TPSA) is 47.0 Å². The van der Waals surface area contributed by atoms with Gasteiger partial charge in [0.1, 0.15) is 16.8 Å². The molecule has 0 saturated carbocycles. The highest BCUT2D eigenvalue weighted by Crippen LogP contribution is 2.31. The molecule has 7 heteroatoms. The normalized spacial score (nSPS) is 10.8. The van der Waals surface area contributed by atoms with Crippen LogP contribution >= 0.6 is 39.3 Å². The molecule has 1 N–H and O–H groups in total. The summed E-state index contributed by atoms with van der Waals surface area (Å²) in [5, 5.41) is 3.96. The zero-order valence-electron chi connectivity index (χ0n) is 11.1. The van der Waals surface area contributed by atoms with Gasteiger partial charge in [-0.2, -0.15) is 8.75 Å². The van der Waals surface area contributed by atoms with E-state index in [1.54, 1.807) is 7.11 Å². The van der Waals surface area contributed by atoms with Crippen molar-refractivity contribution in [1.29, 1.82) is 0 Å². The molecule has 0 radical (unpaired) electrons. The molecule has 2 aromatic carbocycles. The first-order chi connectivity index (χ1) is 10.2. The number of hydrogen-bond donors (Lipinski definition) is 1. The third kappa shape index (κ3) is 2.97. The number of nitrogens with zero attached hydrogens (tertiary/aromatic N) is 2. The van der Waals surface area contributed by atoms with Crippen molar-refractivity contribution in [3.05, 3.63) is 45.4 Å². The summed E-state index contributed by atoms with van der Waals surface area (Å²) in [6.45, 7) is 0.582. The second-order valence-electron chi connectivity index (χ2n) is 4.36. The fraction of sp³-hybridized carbons (Fsp3) is 0.143. The van der Waals surface area contributed by atoms with Gasteiger partial charge in [0.05, 0.1) is 29.5 Å². The van der Waals surface area contributed by atoms with Crippen molar-refractivity contribution < 1.29 is 4.74 Å². The van der Waals surface area contributed by atoms with Gasteiger partial charge in [-0.15, -0.1) is 0 Å². The molecule has 0 saturated heterocycles. The number of ether oxygens (including phenoxy) is 1. The molecule has 0 fully saturated rings. The number of hydrogen-bond acceptors (Lipinski definition) is 5. The lowest BCUT2D eigenvalue weighted by molar-refractivity contribution is 0.410. The van der Waals surface area contributed by atoms with Crippen LogP contribution in [0.4, 0.5) is 5.69 Å². The molecule has 4 nitrogen and oxygen atoms in total. The van der Waals surface area contributed by atoms with Crippen molar-refractivity contribution in [2.24, 2.45) is 0 Å². The minimum atomic E-state index is 0.582. The summed E-state index contributed by atoms with van der Waals surface area (Å²) in [5.74, 6) is 0.824. The van der Waals surface area contributed by atoms with Crippen LogP contribution in [0.15, 0.2) is 34.8 Å². The first kappa shape index (κ1) is 14.6. The first-order valence-corrected chi connectivity index (χ1v) is 8.06. The van der Waals surface area contributed by atoms with Crippen molar-refractivity contribution in [2.45, 2.75) is 6.54 Å². The maximum absolute atomic E-state index is 6.27. The Morgan fingerprint density at radius 3 is 2.95 bits per heavy atom. The quantitative estimate of drug-likeness (QED) is 0.706. The Morgan fingerprint density at radius 1 is 1.29 bits per heavy atom. The molecule has 0 aliphatic carbocycles. The molecule has 0 aliphatic heterocycles.